The summed E-state index contributed by atoms with van der Waals surface area (Å²) in [7, 11) is -3.83. The van der Waals surface area contributed by atoms with Gasteiger partial charge in [-0.15, -0.1) is 0 Å². The summed E-state index contributed by atoms with van der Waals surface area (Å²) in [5.41, 5.74) is 0. The highest BCUT2D eigenvalue weighted by Crippen LogP contribution is 2.21. The third-order valence-corrected chi connectivity index (χ3v) is 4.94. The van der Waals surface area contributed by atoms with Gasteiger partial charge in [-0.05, 0) is 38.0 Å². The fourth-order valence-electron chi connectivity index (χ4n) is 1.54. The standard InChI is InChI=1S/C12H14FNO3S/c1-8(12(15)14-10-5-6-10)18(16,17)11-4-2-3-9(13)7-11/h2-4,7-8,10H,5-6H2,1H3,(H,14,15). The molecular formula is C12H14FNO3S. The van der Waals surface area contributed by atoms with Crippen molar-refractivity contribution in [2.24, 2.45) is 0 Å². The average molecular weight is 271 g/mol. The molecular weight excluding hydrogens is 257 g/mol. The molecule has 1 aromatic rings. The molecule has 0 heterocycles. The van der Waals surface area contributed by atoms with Gasteiger partial charge in [0.05, 0.1) is 4.90 Å². The third-order valence-electron chi connectivity index (χ3n) is 2.88. The van der Waals surface area contributed by atoms with Crippen LogP contribution in [0.5, 0.6) is 0 Å². The van der Waals surface area contributed by atoms with Crippen LogP contribution in [0.4, 0.5) is 4.39 Å². The van der Waals surface area contributed by atoms with Crippen molar-refractivity contribution in [2.45, 2.75) is 36.0 Å². The summed E-state index contributed by atoms with van der Waals surface area (Å²) in [6, 6.07) is 4.79. The van der Waals surface area contributed by atoms with Crippen molar-refractivity contribution in [3.8, 4) is 0 Å². The lowest BCUT2D eigenvalue weighted by Crippen LogP contribution is -2.39. The van der Waals surface area contributed by atoms with Crippen LogP contribution in [0.2, 0.25) is 0 Å². The number of hydrogen-bond donors (Lipinski definition) is 1. The summed E-state index contributed by atoms with van der Waals surface area (Å²) in [4.78, 5) is 11.5. The minimum atomic E-state index is -3.83. The van der Waals surface area contributed by atoms with Gasteiger partial charge in [-0.25, -0.2) is 12.8 Å². The maximum absolute atomic E-state index is 13.0. The molecule has 1 aliphatic rings. The van der Waals surface area contributed by atoms with Crippen LogP contribution in [-0.2, 0) is 14.6 Å². The molecule has 0 bridgehead atoms. The Hall–Kier alpha value is -1.43. The molecule has 0 saturated heterocycles. The van der Waals surface area contributed by atoms with Crippen LogP contribution >= 0.6 is 0 Å². The molecule has 1 atom stereocenters. The number of halogens is 1. The van der Waals surface area contributed by atoms with Gasteiger partial charge in [0, 0.05) is 6.04 Å². The second kappa shape index (κ2) is 4.68. The molecule has 0 radical (unpaired) electrons. The second-order valence-electron chi connectivity index (χ2n) is 4.43. The third kappa shape index (κ3) is 2.69. The van der Waals surface area contributed by atoms with Gasteiger partial charge in [0.25, 0.3) is 0 Å². The van der Waals surface area contributed by atoms with Crippen LogP contribution in [0.3, 0.4) is 0 Å². The zero-order chi connectivity index (χ0) is 13.3. The lowest BCUT2D eigenvalue weighted by molar-refractivity contribution is -0.120. The van der Waals surface area contributed by atoms with Crippen LogP contribution < -0.4 is 5.32 Å². The quantitative estimate of drug-likeness (QED) is 0.897. The van der Waals surface area contributed by atoms with Crippen LogP contribution in [0.1, 0.15) is 19.8 Å². The monoisotopic (exact) mass is 271 g/mol. The fraction of sp³-hybridized carbons (Fsp3) is 0.417. The predicted molar refractivity (Wildman–Crippen MR) is 64.2 cm³/mol. The summed E-state index contributed by atoms with van der Waals surface area (Å²) >= 11 is 0. The highest BCUT2D eigenvalue weighted by Gasteiger charge is 2.33. The van der Waals surface area contributed by atoms with Gasteiger partial charge in [0.1, 0.15) is 11.1 Å². The van der Waals surface area contributed by atoms with E-state index in [9.17, 15) is 17.6 Å². The molecule has 0 aliphatic heterocycles. The Morgan fingerprint density at radius 2 is 2.11 bits per heavy atom. The second-order valence-corrected chi connectivity index (χ2v) is 6.70. The molecule has 0 spiro atoms. The zero-order valence-corrected chi connectivity index (χ0v) is 10.7. The summed E-state index contributed by atoms with van der Waals surface area (Å²) in [6.07, 6.45) is 1.77. The summed E-state index contributed by atoms with van der Waals surface area (Å²) in [6.45, 7) is 1.32. The Morgan fingerprint density at radius 3 is 2.67 bits per heavy atom. The number of benzene rings is 1. The fourth-order valence-corrected chi connectivity index (χ4v) is 2.84. The molecule has 18 heavy (non-hydrogen) atoms. The molecule has 98 valence electrons. The van der Waals surface area contributed by atoms with E-state index in [0.717, 1.165) is 25.0 Å². The van der Waals surface area contributed by atoms with E-state index in [1.807, 2.05) is 0 Å². The number of nitrogens with one attached hydrogen (secondary N) is 1. The van der Waals surface area contributed by atoms with Gasteiger partial charge < -0.3 is 5.32 Å². The van der Waals surface area contributed by atoms with Crippen LogP contribution in [0, 0.1) is 5.82 Å². The Bertz CT molecular complexity index is 566. The number of amides is 1. The van der Waals surface area contributed by atoms with Crippen molar-refractivity contribution in [1.29, 1.82) is 0 Å². The van der Waals surface area contributed by atoms with Crippen LogP contribution in [-0.4, -0.2) is 25.6 Å². The van der Waals surface area contributed by atoms with Gasteiger partial charge in [-0.3, -0.25) is 4.79 Å². The van der Waals surface area contributed by atoms with Crippen molar-refractivity contribution in [3.05, 3.63) is 30.1 Å². The van der Waals surface area contributed by atoms with E-state index < -0.39 is 26.8 Å². The predicted octanol–water partition coefficient (Wildman–Crippen LogP) is 1.27. The van der Waals surface area contributed by atoms with E-state index >= 15 is 0 Å². The molecule has 1 amide bonds. The first-order valence-electron chi connectivity index (χ1n) is 5.71. The Labute approximate surface area is 105 Å². The number of carbonyl (C=O) groups is 1. The molecule has 1 unspecified atom stereocenters. The van der Waals surface area contributed by atoms with E-state index in [1.165, 1.54) is 19.1 Å². The van der Waals surface area contributed by atoms with Gasteiger partial charge in [0.15, 0.2) is 9.84 Å². The highest BCUT2D eigenvalue weighted by molar-refractivity contribution is 7.92. The molecule has 1 N–H and O–H groups in total. The normalized spacial score (nSPS) is 17.2. The van der Waals surface area contributed by atoms with E-state index in [4.69, 9.17) is 0 Å². The van der Waals surface area contributed by atoms with E-state index in [1.54, 1.807) is 0 Å². The van der Waals surface area contributed by atoms with E-state index in [-0.39, 0.29) is 10.9 Å². The number of carbonyl (C=O) groups excluding carboxylic acids is 1. The first-order valence-corrected chi connectivity index (χ1v) is 7.26. The number of sulfone groups is 1. The molecule has 6 heteroatoms. The SMILES string of the molecule is CC(C(=O)NC1CC1)S(=O)(=O)c1cccc(F)c1. The largest absolute Gasteiger partial charge is 0.352 e. The Kier molecular flexibility index (Phi) is 3.38. The van der Waals surface area contributed by atoms with Gasteiger partial charge >= 0.3 is 0 Å². The number of hydrogen-bond acceptors (Lipinski definition) is 3. The van der Waals surface area contributed by atoms with E-state index in [2.05, 4.69) is 5.32 Å². The molecule has 1 saturated carbocycles. The number of rotatable bonds is 4. The average Bonchev–Trinajstić information content (AvgIpc) is 3.11. The molecule has 1 aliphatic carbocycles. The minimum Gasteiger partial charge on any atom is -0.352 e. The van der Waals surface area contributed by atoms with Crippen molar-refractivity contribution in [1.82, 2.24) is 5.32 Å². The minimum absolute atomic E-state index is 0.0997. The van der Waals surface area contributed by atoms with Crippen molar-refractivity contribution in [2.75, 3.05) is 0 Å². The first-order chi connectivity index (χ1) is 8.41. The topological polar surface area (TPSA) is 63.2 Å². The van der Waals surface area contributed by atoms with E-state index in [0.29, 0.717) is 0 Å². The van der Waals surface area contributed by atoms with Crippen LogP contribution in [0.25, 0.3) is 0 Å². The molecule has 1 aromatic carbocycles. The van der Waals surface area contributed by atoms with Gasteiger partial charge in [-0.1, -0.05) is 6.07 Å². The summed E-state index contributed by atoms with van der Waals surface area (Å²) < 4.78 is 37.2. The van der Waals surface area contributed by atoms with Crippen LogP contribution in [0.15, 0.2) is 29.2 Å². The lowest BCUT2D eigenvalue weighted by Gasteiger charge is -2.13. The van der Waals surface area contributed by atoms with Crippen molar-refractivity contribution >= 4 is 15.7 Å². The maximum atomic E-state index is 13.0. The lowest BCUT2D eigenvalue weighted by atomic mass is 10.3. The smallest absolute Gasteiger partial charge is 0.238 e. The Balaban J connectivity index is 2.21. The molecule has 4 nitrogen and oxygen atoms in total. The maximum Gasteiger partial charge on any atom is 0.238 e. The molecule has 1 fully saturated rings. The van der Waals surface area contributed by atoms with Crippen molar-refractivity contribution < 1.29 is 17.6 Å². The zero-order valence-electron chi connectivity index (χ0n) is 9.89. The van der Waals surface area contributed by atoms with Gasteiger partial charge in [0.2, 0.25) is 5.91 Å². The first kappa shape index (κ1) is 13.0. The Morgan fingerprint density at radius 1 is 1.44 bits per heavy atom. The molecule has 0 aromatic heterocycles. The highest BCUT2D eigenvalue weighted by atomic mass is 32.2. The summed E-state index contributed by atoms with van der Waals surface area (Å²) in [5, 5.41) is 1.42. The molecule has 2 rings (SSSR count). The van der Waals surface area contributed by atoms with Gasteiger partial charge in [-0.2, -0.15) is 0 Å². The van der Waals surface area contributed by atoms with Crippen molar-refractivity contribution in [3.63, 3.8) is 0 Å². The summed E-state index contributed by atoms with van der Waals surface area (Å²) in [5.74, 6) is -1.16.